The van der Waals surface area contributed by atoms with E-state index in [0.717, 1.165) is 61.9 Å². The molecule has 6 nitrogen and oxygen atoms in total. The fraction of sp³-hybridized carbons (Fsp3) is 0.200. The van der Waals surface area contributed by atoms with Crippen LogP contribution in [0.5, 0.6) is 23.0 Å². The molecule has 2 aliphatic rings. The summed E-state index contributed by atoms with van der Waals surface area (Å²) < 4.78 is 37.0. The molecule has 0 radical (unpaired) electrons. The molecule has 2 heterocycles. The first kappa shape index (κ1) is 40.7. The minimum atomic E-state index is -2.72. The lowest BCUT2D eigenvalue weighted by Gasteiger charge is -2.27. The molecule has 6 aromatic carbocycles. The van der Waals surface area contributed by atoms with E-state index < -0.39 is 14.7 Å². The molecule has 8 rings (SSSR count). The number of benzene rings is 6. The highest BCUT2D eigenvalue weighted by atomic mass is 31.2. The van der Waals surface area contributed by atoms with E-state index in [4.69, 9.17) is 19.3 Å². The topological polar surface area (TPSA) is 93.1 Å². The molecule has 0 bridgehead atoms. The average molecular weight is 749 g/mol. The van der Waals surface area contributed by atoms with Crippen LogP contribution < -0.4 is 19.7 Å². The Morgan fingerprint density at radius 1 is 0.434 bits per heavy atom. The van der Waals surface area contributed by atoms with Crippen LogP contribution in [-0.4, -0.2) is 22.5 Å². The second-order valence-corrected chi connectivity index (χ2v) is 17.0. The van der Waals surface area contributed by atoms with Crippen molar-refractivity contribution in [3.05, 3.63) is 157 Å². The molecule has 2 aliphatic heterocycles. The standard InChI is InChI=1S/2C14H13O2P.C13H12O2.2C2H6/c2*1-2-17(15)14-10-6-4-8-12(14)11-7-3-5-9-13(11)16-17;14-12-5-1-10(2-6-12)9-11-3-7-13(15)8-4-11;2*1-2/h2*3-10H,2H2,1H3;1-8,14-15H,9H2;2*1-2H3. The third kappa shape index (κ3) is 9.70. The van der Waals surface area contributed by atoms with Gasteiger partial charge < -0.3 is 19.3 Å². The van der Waals surface area contributed by atoms with Crippen LogP contribution in [0.3, 0.4) is 0 Å². The molecule has 8 heteroatoms. The van der Waals surface area contributed by atoms with Crippen LogP contribution in [0.4, 0.5) is 0 Å². The molecule has 0 spiro atoms. The third-order valence-electron chi connectivity index (χ3n) is 8.50. The van der Waals surface area contributed by atoms with E-state index in [0.29, 0.717) is 12.3 Å². The number of fused-ring (bicyclic) bond motifs is 6. The van der Waals surface area contributed by atoms with Crippen LogP contribution in [-0.2, 0) is 15.6 Å². The zero-order valence-corrected chi connectivity index (χ0v) is 33.2. The summed E-state index contributed by atoms with van der Waals surface area (Å²) in [7, 11) is -5.43. The third-order valence-corrected chi connectivity index (χ3v) is 13.4. The van der Waals surface area contributed by atoms with Gasteiger partial charge in [0.25, 0.3) is 14.7 Å². The molecular weight excluding hydrogens is 698 g/mol. The van der Waals surface area contributed by atoms with Gasteiger partial charge in [0.2, 0.25) is 0 Å². The van der Waals surface area contributed by atoms with Crippen molar-refractivity contribution >= 4 is 25.3 Å². The van der Waals surface area contributed by atoms with Gasteiger partial charge in [0.1, 0.15) is 23.0 Å². The summed E-state index contributed by atoms with van der Waals surface area (Å²) in [6.45, 7) is 11.8. The highest BCUT2D eigenvalue weighted by Crippen LogP contribution is 2.55. The zero-order valence-electron chi connectivity index (χ0n) is 31.4. The van der Waals surface area contributed by atoms with Gasteiger partial charge in [-0.05, 0) is 77.2 Å². The van der Waals surface area contributed by atoms with Gasteiger partial charge in [0, 0.05) is 23.5 Å². The van der Waals surface area contributed by atoms with E-state index in [2.05, 4.69) is 0 Å². The fourth-order valence-corrected chi connectivity index (χ4v) is 9.72. The van der Waals surface area contributed by atoms with Gasteiger partial charge in [0.15, 0.2) is 0 Å². The largest absolute Gasteiger partial charge is 0.508 e. The van der Waals surface area contributed by atoms with Gasteiger partial charge in [-0.2, -0.15) is 0 Å². The van der Waals surface area contributed by atoms with Crippen molar-refractivity contribution in [3.8, 4) is 45.3 Å². The molecule has 2 N–H and O–H groups in total. The molecule has 2 atom stereocenters. The first-order valence-electron chi connectivity index (χ1n) is 18.2. The van der Waals surface area contributed by atoms with Crippen molar-refractivity contribution < 1.29 is 28.4 Å². The lowest BCUT2D eigenvalue weighted by atomic mass is 10.0. The molecule has 0 saturated heterocycles. The Kier molecular flexibility index (Phi) is 14.7. The van der Waals surface area contributed by atoms with E-state index in [1.54, 1.807) is 24.3 Å². The van der Waals surface area contributed by atoms with Crippen molar-refractivity contribution in [1.82, 2.24) is 0 Å². The van der Waals surface area contributed by atoms with E-state index >= 15 is 0 Å². The van der Waals surface area contributed by atoms with Crippen molar-refractivity contribution in [1.29, 1.82) is 0 Å². The van der Waals surface area contributed by atoms with Crippen LogP contribution in [0.2, 0.25) is 0 Å². The first-order valence-corrected chi connectivity index (χ1v) is 21.9. The predicted molar refractivity (Wildman–Crippen MR) is 222 cm³/mol. The highest BCUT2D eigenvalue weighted by Gasteiger charge is 2.34. The molecule has 6 aromatic rings. The number of rotatable bonds is 4. The van der Waals surface area contributed by atoms with E-state index in [9.17, 15) is 9.13 Å². The molecular formula is C45H50O6P2. The minimum Gasteiger partial charge on any atom is -0.508 e. The van der Waals surface area contributed by atoms with E-state index in [1.807, 2.05) is 163 Å². The number of para-hydroxylation sites is 2. The Hall–Kier alpha value is -5.02. The lowest BCUT2D eigenvalue weighted by Crippen LogP contribution is -2.18. The molecule has 276 valence electrons. The van der Waals surface area contributed by atoms with Gasteiger partial charge >= 0.3 is 0 Å². The molecule has 2 unspecified atom stereocenters. The summed E-state index contributed by atoms with van der Waals surface area (Å²) >= 11 is 0. The van der Waals surface area contributed by atoms with E-state index in [1.165, 1.54) is 0 Å². The second-order valence-electron chi connectivity index (χ2n) is 11.7. The maximum absolute atomic E-state index is 12.8. The maximum atomic E-state index is 12.8. The summed E-state index contributed by atoms with van der Waals surface area (Å²) in [5, 5.41) is 19.9. The van der Waals surface area contributed by atoms with Crippen LogP contribution in [0, 0.1) is 0 Å². The van der Waals surface area contributed by atoms with Crippen LogP contribution in [0.15, 0.2) is 146 Å². The summed E-state index contributed by atoms with van der Waals surface area (Å²) in [6, 6.07) is 45.4. The van der Waals surface area contributed by atoms with Crippen LogP contribution in [0.1, 0.15) is 52.7 Å². The number of hydrogen-bond acceptors (Lipinski definition) is 6. The number of phenols is 2. The van der Waals surface area contributed by atoms with Gasteiger partial charge in [-0.1, -0.05) is 139 Å². The molecule has 0 aliphatic carbocycles. The van der Waals surface area contributed by atoms with Gasteiger partial charge in [0.05, 0.1) is 10.6 Å². The molecule has 0 aromatic heterocycles. The normalized spacial score (nSPS) is 16.7. The molecule has 53 heavy (non-hydrogen) atoms. The number of hydrogen-bond donors (Lipinski definition) is 2. The van der Waals surface area contributed by atoms with E-state index in [-0.39, 0.29) is 11.5 Å². The SMILES string of the molecule is CC.CC.CCP1(=O)Oc2ccccc2-c2ccccc21.CCP1(=O)Oc2ccccc2-c2ccccc21.Oc1ccc(Cc2ccc(O)cc2)cc1. The average Bonchev–Trinajstić information content (AvgIpc) is 3.22. The van der Waals surface area contributed by atoms with Crippen molar-refractivity contribution in [3.63, 3.8) is 0 Å². The summed E-state index contributed by atoms with van der Waals surface area (Å²) in [4.78, 5) is 0. The van der Waals surface area contributed by atoms with Crippen molar-refractivity contribution in [2.75, 3.05) is 12.3 Å². The molecule has 0 saturated carbocycles. The van der Waals surface area contributed by atoms with Crippen molar-refractivity contribution in [2.24, 2.45) is 0 Å². The van der Waals surface area contributed by atoms with Crippen LogP contribution in [0.25, 0.3) is 22.3 Å². The van der Waals surface area contributed by atoms with Crippen molar-refractivity contribution in [2.45, 2.75) is 48.0 Å². The van der Waals surface area contributed by atoms with Crippen LogP contribution >= 0.6 is 14.7 Å². The Morgan fingerprint density at radius 3 is 1.08 bits per heavy atom. The quantitative estimate of drug-likeness (QED) is 0.174. The smallest absolute Gasteiger partial charge is 0.277 e. The predicted octanol–water partition coefficient (Wildman–Crippen LogP) is 12.1. The number of aromatic hydroxyl groups is 2. The maximum Gasteiger partial charge on any atom is 0.277 e. The second kappa shape index (κ2) is 19.2. The Balaban J connectivity index is 0.000000170. The highest BCUT2D eigenvalue weighted by molar-refractivity contribution is 7.68. The molecule has 0 amide bonds. The van der Waals surface area contributed by atoms with Gasteiger partial charge in [-0.3, -0.25) is 9.13 Å². The van der Waals surface area contributed by atoms with Gasteiger partial charge in [-0.15, -0.1) is 0 Å². The fourth-order valence-electron chi connectivity index (χ4n) is 5.88. The monoisotopic (exact) mass is 748 g/mol. The Labute approximate surface area is 315 Å². The zero-order chi connectivity index (χ0) is 38.4. The van der Waals surface area contributed by atoms with Gasteiger partial charge in [-0.25, -0.2) is 0 Å². The summed E-state index contributed by atoms with van der Waals surface area (Å²) in [5.41, 5.74) is 6.42. The summed E-state index contributed by atoms with van der Waals surface area (Å²) in [5.74, 6) is 2.03. The number of phenolic OH excluding ortho intramolecular Hbond substituents is 2. The molecule has 0 fully saturated rings. The Bertz CT molecular complexity index is 2010. The first-order chi connectivity index (χ1) is 25.7. The minimum absolute atomic E-state index is 0.282. The lowest BCUT2D eigenvalue weighted by molar-refractivity contribution is 0.475. The Morgan fingerprint density at radius 2 is 0.736 bits per heavy atom. The summed E-state index contributed by atoms with van der Waals surface area (Å²) in [6.07, 6.45) is 1.86.